The van der Waals surface area contributed by atoms with E-state index in [0.29, 0.717) is 22.3 Å². The van der Waals surface area contributed by atoms with Gasteiger partial charge in [-0.05, 0) is 43.3 Å². The third-order valence-electron chi connectivity index (χ3n) is 5.72. The minimum atomic E-state index is -0.548. The largest absolute Gasteiger partial charge is 0.402 e. The summed E-state index contributed by atoms with van der Waals surface area (Å²) in [7, 11) is 0. The highest BCUT2D eigenvalue weighted by Gasteiger charge is 2.20. The third-order valence-corrected chi connectivity index (χ3v) is 5.72. The molecular formula is C25H16FN3O2. The average molecular weight is 409 g/mol. The summed E-state index contributed by atoms with van der Waals surface area (Å²) in [5.74, 6) is -0.548. The van der Waals surface area contributed by atoms with Gasteiger partial charge in [-0.3, -0.25) is 0 Å². The molecule has 4 aromatic heterocycles. The Hall–Kier alpha value is -4.06. The number of rotatable bonds is 2. The highest BCUT2D eigenvalue weighted by Crippen LogP contribution is 2.33. The van der Waals surface area contributed by atoms with Gasteiger partial charge in [-0.1, -0.05) is 29.8 Å². The van der Waals surface area contributed by atoms with Crippen LogP contribution in [0.1, 0.15) is 11.1 Å². The number of benzene rings is 2. The second kappa shape index (κ2) is 6.47. The molecule has 0 spiro atoms. The monoisotopic (exact) mass is 409 g/mol. The first-order valence-corrected chi connectivity index (χ1v) is 9.95. The maximum Gasteiger partial charge on any atom is 0.362 e. The number of hydrogen-bond acceptors (Lipinski definition) is 4. The molecule has 0 radical (unpaired) electrons. The topological polar surface area (TPSA) is 60.9 Å². The Labute approximate surface area is 175 Å². The normalized spacial score (nSPS) is 11.8. The Kier molecular flexibility index (Phi) is 3.71. The number of para-hydroxylation sites is 1. The fraction of sp³-hybridized carbons (Fsp3) is 0.0800. The van der Waals surface area contributed by atoms with E-state index in [1.807, 2.05) is 60.0 Å². The number of hydrogen-bond donors (Lipinski definition) is 0. The van der Waals surface area contributed by atoms with Crippen molar-refractivity contribution in [2.24, 2.45) is 0 Å². The molecule has 0 saturated carbocycles. The summed E-state index contributed by atoms with van der Waals surface area (Å²) in [5, 5.41) is 3.28. The first kappa shape index (κ1) is 17.8. The third kappa shape index (κ3) is 2.65. The molecule has 0 aliphatic heterocycles. The molecule has 6 aromatic rings. The van der Waals surface area contributed by atoms with Crippen LogP contribution in [0, 0.1) is 12.9 Å². The van der Waals surface area contributed by atoms with E-state index in [4.69, 9.17) is 4.42 Å². The zero-order valence-corrected chi connectivity index (χ0v) is 16.6. The van der Waals surface area contributed by atoms with Gasteiger partial charge in [0, 0.05) is 38.8 Å². The second-order valence-corrected chi connectivity index (χ2v) is 7.71. The summed E-state index contributed by atoms with van der Waals surface area (Å²) in [6.07, 6.45) is 1.59. The van der Waals surface area contributed by atoms with Crippen molar-refractivity contribution >= 4 is 43.8 Å². The number of halogens is 1. The first-order chi connectivity index (χ1) is 15.1. The maximum absolute atomic E-state index is 14.9. The minimum absolute atomic E-state index is 0.156. The van der Waals surface area contributed by atoms with E-state index in [-0.39, 0.29) is 6.54 Å². The van der Waals surface area contributed by atoms with Crippen LogP contribution in [0.2, 0.25) is 0 Å². The van der Waals surface area contributed by atoms with Gasteiger partial charge < -0.3 is 8.98 Å². The summed E-state index contributed by atoms with van der Waals surface area (Å²) >= 11 is 0. The molecule has 0 amide bonds. The predicted molar refractivity (Wildman–Crippen MR) is 119 cm³/mol. The maximum atomic E-state index is 14.9. The number of aromatic nitrogens is 3. The molecule has 4 heterocycles. The standard InChI is InChI=1S/C25H16FN3O2/c1-14-8-9-20-18(11-14)21-17-6-4-10-27-24(17)31-25(30)22(21)29(20)13-16-12-15-5-2-3-7-19(15)28-23(16)26/h2-12H,13H2,1H3. The molecule has 0 bridgehead atoms. The highest BCUT2D eigenvalue weighted by atomic mass is 19.1. The van der Waals surface area contributed by atoms with Crippen molar-refractivity contribution in [2.45, 2.75) is 13.5 Å². The van der Waals surface area contributed by atoms with E-state index in [9.17, 15) is 9.18 Å². The molecule has 5 nitrogen and oxygen atoms in total. The summed E-state index contributed by atoms with van der Waals surface area (Å²) in [4.78, 5) is 21.3. The molecule has 6 heteroatoms. The van der Waals surface area contributed by atoms with Crippen LogP contribution >= 0.6 is 0 Å². The molecule has 0 aliphatic rings. The van der Waals surface area contributed by atoms with Crippen LogP contribution in [0.15, 0.2) is 76.1 Å². The Morgan fingerprint density at radius 3 is 2.81 bits per heavy atom. The molecule has 31 heavy (non-hydrogen) atoms. The lowest BCUT2D eigenvalue weighted by atomic mass is 10.1. The van der Waals surface area contributed by atoms with E-state index >= 15 is 0 Å². The molecule has 0 saturated heterocycles. The van der Waals surface area contributed by atoms with Crippen LogP contribution in [0.4, 0.5) is 4.39 Å². The van der Waals surface area contributed by atoms with Gasteiger partial charge in [-0.25, -0.2) is 14.8 Å². The molecule has 2 aromatic carbocycles. The Balaban J connectivity index is 1.71. The van der Waals surface area contributed by atoms with Gasteiger partial charge in [-0.2, -0.15) is 4.39 Å². The van der Waals surface area contributed by atoms with Gasteiger partial charge >= 0.3 is 5.63 Å². The van der Waals surface area contributed by atoms with Crippen molar-refractivity contribution in [3.8, 4) is 0 Å². The van der Waals surface area contributed by atoms with Crippen LogP contribution in [0.5, 0.6) is 0 Å². The van der Waals surface area contributed by atoms with Crippen LogP contribution < -0.4 is 5.63 Å². The van der Waals surface area contributed by atoms with Gasteiger partial charge in [-0.15, -0.1) is 0 Å². The van der Waals surface area contributed by atoms with Gasteiger partial charge in [0.1, 0.15) is 5.52 Å². The number of fused-ring (bicyclic) bond motifs is 6. The average Bonchev–Trinajstić information content (AvgIpc) is 3.08. The van der Waals surface area contributed by atoms with Gasteiger partial charge in [0.25, 0.3) is 0 Å². The smallest absolute Gasteiger partial charge is 0.362 e. The van der Waals surface area contributed by atoms with E-state index in [2.05, 4.69) is 9.97 Å². The van der Waals surface area contributed by atoms with Crippen molar-refractivity contribution in [2.75, 3.05) is 0 Å². The molecule has 0 atom stereocenters. The molecular weight excluding hydrogens is 393 g/mol. The highest BCUT2D eigenvalue weighted by molar-refractivity contribution is 6.18. The predicted octanol–water partition coefficient (Wildman–Crippen LogP) is 5.34. The van der Waals surface area contributed by atoms with Crippen molar-refractivity contribution in [1.29, 1.82) is 0 Å². The van der Waals surface area contributed by atoms with Crippen LogP contribution in [-0.4, -0.2) is 14.5 Å². The van der Waals surface area contributed by atoms with Gasteiger partial charge in [0.2, 0.25) is 11.7 Å². The molecule has 6 rings (SSSR count). The number of aryl methyl sites for hydroxylation is 1. The van der Waals surface area contributed by atoms with E-state index < -0.39 is 11.6 Å². The summed E-state index contributed by atoms with van der Waals surface area (Å²) in [6.45, 7) is 2.16. The molecule has 0 fully saturated rings. The molecule has 0 aliphatic carbocycles. The van der Waals surface area contributed by atoms with Crippen LogP contribution in [0.3, 0.4) is 0 Å². The van der Waals surface area contributed by atoms with E-state index in [1.165, 1.54) is 0 Å². The lowest BCUT2D eigenvalue weighted by molar-refractivity contribution is 0.549. The molecule has 0 unspecified atom stereocenters. The fourth-order valence-electron chi connectivity index (χ4n) is 4.33. The van der Waals surface area contributed by atoms with Gasteiger partial charge in [0.15, 0.2) is 0 Å². The molecule has 150 valence electrons. The minimum Gasteiger partial charge on any atom is -0.402 e. The lowest BCUT2D eigenvalue weighted by Crippen LogP contribution is -2.10. The van der Waals surface area contributed by atoms with Gasteiger partial charge in [0.05, 0.1) is 12.1 Å². The zero-order valence-electron chi connectivity index (χ0n) is 16.6. The number of nitrogens with zero attached hydrogens (tertiary/aromatic N) is 3. The van der Waals surface area contributed by atoms with Crippen LogP contribution in [0.25, 0.3) is 43.8 Å². The van der Waals surface area contributed by atoms with Crippen molar-refractivity contribution in [3.05, 3.63) is 94.4 Å². The Bertz CT molecular complexity index is 1720. The van der Waals surface area contributed by atoms with Crippen LogP contribution in [-0.2, 0) is 6.54 Å². The second-order valence-electron chi connectivity index (χ2n) is 7.71. The molecule has 0 N–H and O–H groups in total. The first-order valence-electron chi connectivity index (χ1n) is 9.95. The summed E-state index contributed by atoms with van der Waals surface area (Å²) in [5.41, 5.74) is 3.09. The lowest BCUT2D eigenvalue weighted by Gasteiger charge is -2.09. The zero-order chi connectivity index (χ0) is 21.1. The Morgan fingerprint density at radius 2 is 1.90 bits per heavy atom. The summed E-state index contributed by atoms with van der Waals surface area (Å²) in [6, 6.07) is 18.9. The SMILES string of the molecule is Cc1ccc2c(c1)c1c3cccnc3oc(=O)c1n2Cc1cc2ccccc2nc1F. The number of pyridine rings is 2. The summed E-state index contributed by atoms with van der Waals surface area (Å²) < 4.78 is 22.2. The van der Waals surface area contributed by atoms with Crippen molar-refractivity contribution in [3.63, 3.8) is 0 Å². The Morgan fingerprint density at radius 1 is 1.03 bits per heavy atom. The van der Waals surface area contributed by atoms with Crippen molar-refractivity contribution < 1.29 is 8.81 Å². The quantitative estimate of drug-likeness (QED) is 0.362. The van der Waals surface area contributed by atoms with Crippen molar-refractivity contribution in [1.82, 2.24) is 14.5 Å². The van der Waals surface area contributed by atoms with E-state index in [1.54, 1.807) is 18.3 Å². The van der Waals surface area contributed by atoms with E-state index in [0.717, 1.165) is 32.6 Å². The fourth-order valence-corrected chi connectivity index (χ4v) is 4.33.